The first-order valence-corrected chi connectivity index (χ1v) is 11.6. The van der Waals surface area contributed by atoms with Gasteiger partial charge in [-0.2, -0.15) is 0 Å². The van der Waals surface area contributed by atoms with E-state index in [2.05, 4.69) is 41.5 Å². The van der Waals surface area contributed by atoms with Crippen molar-refractivity contribution in [3.8, 4) is 0 Å². The van der Waals surface area contributed by atoms with E-state index in [1.54, 1.807) is 0 Å². The summed E-state index contributed by atoms with van der Waals surface area (Å²) in [7, 11) is 0. The lowest BCUT2D eigenvalue weighted by molar-refractivity contribution is -0.0406. The summed E-state index contributed by atoms with van der Waals surface area (Å²) in [5.41, 5.74) is 0. The van der Waals surface area contributed by atoms with E-state index < -0.39 is 0 Å². The lowest BCUT2D eigenvalue weighted by Gasteiger charge is -2.27. The zero-order chi connectivity index (χ0) is 18.9. The van der Waals surface area contributed by atoms with Crippen LogP contribution in [0.5, 0.6) is 0 Å². The Morgan fingerprint density at radius 1 is 0.520 bits per heavy atom. The summed E-state index contributed by atoms with van der Waals surface area (Å²) in [6.07, 6.45) is 19.7. The average Bonchev–Trinajstić information content (AvgIpc) is 2.53. The smallest absolute Gasteiger partial charge is 0.0581 e. The van der Waals surface area contributed by atoms with Crippen molar-refractivity contribution in [3.63, 3.8) is 0 Å². The van der Waals surface area contributed by atoms with E-state index in [4.69, 9.17) is 4.74 Å². The lowest BCUT2D eigenvalue weighted by Crippen LogP contribution is -2.25. The van der Waals surface area contributed by atoms with Gasteiger partial charge in [0.1, 0.15) is 0 Å². The fourth-order valence-corrected chi connectivity index (χ4v) is 3.76. The Kier molecular flexibility index (Phi) is 17.3. The Hall–Kier alpha value is -0.0400. The van der Waals surface area contributed by atoms with Crippen molar-refractivity contribution in [2.75, 3.05) is 0 Å². The van der Waals surface area contributed by atoms with Crippen LogP contribution in [0, 0.1) is 11.8 Å². The molecular formula is C24H50O. The van der Waals surface area contributed by atoms with E-state index in [0.717, 1.165) is 11.8 Å². The molecule has 0 unspecified atom stereocenters. The molecule has 0 N–H and O–H groups in total. The quantitative estimate of drug-likeness (QED) is 0.224. The summed E-state index contributed by atoms with van der Waals surface area (Å²) in [6.45, 7) is 14.0. The fraction of sp³-hybridized carbons (Fsp3) is 1.00. The van der Waals surface area contributed by atoms with Crippen molar-refractivity contribution in [3.05, 3.63) is 0 Å². The molecule has 0 fully saturated rings. The van der Waals surface area contributed by atoms with E-state index >= 15 is 0 Å². The van der Waals surface area contributed by atoms with Gasteiger partial charge in [0.15, 0.2) is 0 Å². The molecule has 0 aliphatic rings. The Labute approximate surface area is 160 Å². The molecule has 0 aromatic rings. The summed E-state index contributed by atoms with van der Waals surface area (Å²) in [5, 5.41) is 0. The third kappa shape index (κ3) is 17.1. The van der Waals surface area contributed by atoms with Gasteiger partial charge in [-0.1, -0.05) is 106 Å². The van der Waals surface area contributed by atoms with Crippen LogP contribution in [0.25, 0.3) is 0 Å². The van der Waals surface area contributed by atoms with Crippen LogP contribution >= 0.6 is 0 Å². The van der Waals surface area contributed by atoms with Gasteiger partial charge in [0.2, 0.25) is 0 Å². The van der Waals surface area contributed by atoms with Gasteiger partial charge >= 0.3 is 0 Å². The third-order valence-corrected chi connectivity index (χ3v) is 5.11. The summed E-state index contributed by atoms with van der Waals surface area (Å²) in [6, 6.07) is 0. The molecule has 1 nitrogen and oxygen atoms in total. The van der Waals surface area contributed by atoms with Crippen molar-refractivity contribution in [1.82, 2.24) is 0 Å². The maximum absolute atomic E-state index is 6.69. The van der Waals surface area contributed by atoms with Crippen LogP contribution < -0.4 is 0 Å². The minimum absolute atomic E-state index is 0.487. The van der Waals surface area contributed by atoms with Crippen LogP contribution in [-0.4, -0.2) is 12.2 Å². The predicted octanol–water partition coefficient (Wildman–Crippen LogP) is 8.55. The third-order valence-electron chi connectivity index (χ3n) is 5.11. The van der Waals surface area contributed by atoms with Crippen molar-refractivity contribution in [2.45, 2.75) is 144 Å². The van der Waals surface area contributed by atoms with Crippen LogP contribution in [0.3, 0.4) is 0 Å². The molecule has 0 radical (unpaired) electrons. The molecule has 0 aromatic heterocycles. The second kappa shape index (κ2) is 17.4. The second-order valence-electron chi connectivity index (χ2n) is 9.04. The number of hydrogen-bond donors (Lipinski definition) is 0. The molecule has 152 valence electrons. The molecule has 0 heterocycles. The highest BCUT2D eigenvalue weighted by Crippen LogP contribution is 2.23. The highest BCUT2D eigenvalue weighted by atomic mass is 16.5. The summed E-state index contributed by atoms with van der Waals surface area (Å²) in [5.74, 6) is 1.48. The minimum atomic E-state index is 0.487. The molecule has 0 saturated heterocycles. The topological polar surface area (TPSA) is 9.23 Å². The van der Waals surface area contributed by atoms with E-state index in [1.165, 1.54) is 89.9 Å². The van der Waals surface area contributed by atoms with E-state index in [-0.39, 0.29) is 0 Å². The molecule has 1 heteroatoms. The summed E-state index contributed by atoms with van der Waals surface area (Å²) >= 11 is 0. The Morgan fingerprint density at radius 2 is 0.880 bits per heavy atom. The Bertz CT molecular complexity index is 233. The maximum Gasteiger partial charge on any atom is 0.0581 e. The van der Waals surface area contributed by atoms with Crippen LogP contribution in [0.2, 0.25) is 0 Å². The Morgan fingerprint density at radius 3 is 1.20 bits per heavy atom. The van der Waals surface area contributed by atoms with Gasteiger partial charge in [0.05, 0.1) is 12.2 Å². The van der Waals surface area contributed by atoms with Crippen LogP contribution in [-0.2, 0) is 4.74 Å². The zero-order valence-corrected chi connectivity index (χ0v) is 18.6. The molecule has 25 heavy (non-hydrogen) atoms. The second-order valence-corrected chi connectivity index (χ2v) is 9.04. The molecule has 0 saturated carbocycles. The van der Waals surface area contributed by atoms with Crippen molar-refractivity contribution >= 4 is 0 Å². The number of hydrogen-bond acceptors (Lipinski definition) is 1. The maximum atomic E-state index is 6.69. The van der Waals surface area contributed by atoms with Crippen molar-refractivity contribution < 1.29 is 4.74 Å². The van der Waals surface area contributed by atoms with E-state index in [9.17, 15) is 0 Å². The predicted molar refractivity (Wildman–Crippen MR) is 114 cm³/mol. The number of unbranched alkanes of at least 4 members (excludes halogenated alkanes) is 8. The average molecular weight is 355 g/mol. The molecule has 0 bridgehead atoms. The number of ether oxygens (including phenoxy) is 1. The molecule has 2 atom stereocenters. The van der Waals surface area contributed by atoms with Gasteiger partial charge in [-0.25, -0.2) is 0 Å². The van der Waals surface area contributed by atoms with Crippen molar-refractivity contribution in [2.24, 2.45) is 11.8 Å². The summed E-state index contributed by atoms with van der Waals surface area (Å²) < 4.78 is 6.69. The van der Waals surface area contributed by atoms with Gasteiger partial charge in [-0.15, -0.1) is 0 Å². The molecule has 0 aromatic carbocycles. The van der Waals surface area contributed by atoms with Gasteiger partial charge in [0, 0.05) is 0 Å². The molecule has 0 rings (SSSR count). The van der Waals surface area contributed by atoms with Gasteiger partial charge < -0.3 is 4.74 Å². The highest BCUT2D eigenvalue weighted by Gasteiger charge is 2.18. The number of rotatable bonds is 18. The first-order chi connectivity index (χ1) is 12.0. The zero-order valence-electron chi connectivity index (χ0n) is 18.6. The minimum Gasteiger partial charge on any atom is -0.375 e. The van der Waals surface area contributed by atoms with Crippen LogP contribution in [0.1, 0.15) is 131 Å². The van der Waals surface area contributed by atoms with Gasteiger partial charge in [0.25, 0.3) is 0 Å². The van der Waals surface area contributed by atoms with Gasteiger partial charge in [-0.05, 0) is 37.5 Å². The monoisotopic (exact) mass is 354 g/mol. The molecule has 0 amide bonds. The van der Waals surface area contributed by atoms with Crippen LogP contribution in [0.15, 0.2) is 0 Å². The Balaban J connectivity index is 4.33. The summed E-state index contributed by atoms with van der Waals surface area (Å²) in [4.78, 5) is 0. The molecule has 0 spiro atoms. The standard InChI is InChI=1S/C24H50O/c1-7-9-11-13-15-17-23(19-21(3)4)25-24(20-22(5)6)18-16-14-12-10-8-2/h21-24H,7-20H2,1-6H3/t23-,24-/m0/s1. The molecule has 0 aliphatic carbocycles. The highest BCUT2D eigenvalue weighted by molar-refractivity contribution is 4.68. The van der Waals surface area contributed by atoms with Crippen molar-refractivity contribution in [1.29, 1.82) is 0 Å². The lowest BCUT2D eigenvalue weighted by atomic mass is 9.97. The largest absolute Gasteiger partial charge is 0.375 e. The fourth-order valence-electron chi connectivity index (χ4n) is 3.76. The molecular weight excluding hydrogens is 304 g/mol. The first kappa shape index (κ1) is 25.0. The first-order valence-electron chi connectivity index (χ1n) is 11.6. The normalized spacial score (nSPS) is 14.4. The molecule has 0 aliphatic heterocycles. The van der Waals surface area contributed by atoms with Gasteiger partial charge in [-0.3, -0.25) is 0 Å². The van der Waals surface area contributed by atoms with Crippen LogP contribution in [0.4, 0.5) is 0 Å². The SMILES string of the molecule is CCCCCCC[C@@H](CC(C)C)O[C@@H](CCCCCCC)CC(C)C. The van der Waals surface area contributed by atoms with E-state index in [1.807, 2.05) is 0 Å². The van der Waals surface area contributed by atoms with E-state index in [0.29, 0.717) is 12.2 Å².